The lowest BCUT2D eigenvalue weighted by molar-refractivity contribution is -0.137. The SMILES string of the molecule is CC(CCNC(=O)NCCCNS(C)(=O)=O)CCC(=O)O. The van der Waals surface area contributed by atoms with Gasteiger partial charge < -0.3 is 15.7 Å². The van der Waals surface area contributed by atoms with Gasteiger partial charge >= 0.3 is 12.0 Å². The van der Waals surface area contributed by atoms with Crippen molar-refractivity contribution in [3.63, 3.8) is 0 Å². The lowest BCUT2D eigenvalue weighted by Gasteiger charge is -2.11. The van der Waals surface area contributed by atoms with Crippen LogP contribution >= 0.6 is 0 Å². The van der Waals surface area contributed by atoms with Crippen LogP contribution in [0.2, 0.25) is 0 Å². The summed E-state index contributed by atoms with van der Waals surface area (Å²) in [5.41, 5.74) is 0. The number of sulfonamides is 1. The van der Waals surface area contributed by atoms with Crippen molar-refractivity contribution in [2.75, 3.05) is 25.9 Å². The molecule has 0 aliphatic rings. The van der Waals surface area contributed by atoms with Crippen molar-refractivity contribution >= 4 is 22.0 Å². The Kier molecular flexibility index (Phi) is 9.72. The molecule has 124 valence electrons. The Morgan fingerprint density at radius 2 is 1.71 bits per heavy atom. The van der Waals surface area contributed by atoms with Gasteiger partial charge in [-0.2, -0.15) is 0 Å². The molecule has 0 aliphatic carbocycles. The second-order valence-corrected chi connectivity index (χ2v) is 6.86. The Morgan fingerprint density at radius 3 is 2.29 bits per heavy atom. The predicted molar refractivity (Wildman–Crippen MR) is 79.5 cm³/mol. The Balaban J connectivity index is 3.52. The van der Waals surface area contributed by atoms with Gasteiger partial charge in [0.15, 0.2) is 0 Å². The number of rotatable bonds is 11. The third-order valence-corrected chi connectivity index (χ3v) is 3.51. The van der Waals surface area contributed by atoms with Gasteiger partial charge in [0.25, 0.3) is 0 Å². The lowest BCUT2D eigenvalue weighted by Crippen LogP contribution is -2.38. The first-order chi connectivity index (χ1) is 9.70. The van der Waals surface area contributed by atoms with E-state index in [0.29, 0.717) is 25.9 Å². The fraction of sp³-hybridized carbons (Fsp3) is 0.833. The van der Waals surface area contributed by atoms with Crippen molar-refractivity contribution in [1.29, 1.82) is 0 Å². The molecule has 0 bridgehead atoms. The number of hydrogen-bond donors (Lipinski definition) is 4. The van der Waals surface area contributed by atoms with Gasteiger partial charge in [0.1, 0.15) is 0 Å². The van der Waals surface area contributed by atoms with Gasteiger partial charge in [-0.1, -0.05) is 6.92 Å². The minimum atomic E-state index is -3.18. The van der Waals surface area contributed by atoms with Crippen LogP contribution in [0.5, 0.6) is 0 Å². The van der Waals surface area contributed by atoms with Crippen LogP contribution < -0.4 is 15.4 Å². The van der Waals surface area contributed by atoms with Crippen molar-refractivity contribution in [3.05, 3.63) is 0 Å². The molecule has 0 aliphatic heterocycles. The largest absolute Gasteiger partial charge is 0.481 e. The molecule has 0 aromatic rings. The van der Waals surface area contributed by atoms with E-state index in [1.54, 1.807) is 0 Å². The van der Waals surface area contributed by atoms with E-state index in [9.17, 15) is 18.0 Å². The van der Waals surface area contributed by atoms with Crippen LogP contribution in [-0.2, 0) is 14.8 Å². The van der Waals surface area contributed by atoms with E-state index in [1.165, 1.54) is 0 Å². The molecular formula is C12H25N3O5S. The molecule has 0 aromatic carbocycles. The maximum atomic E-state index is 11.4. The van der Waals surface area contributed by atoms with E-state index in [4.69, 9.17) is 5.11 Å². The van der Waals surface area contributed by atoms with Gasteiger partial charge in [0.2, 0.25) is 10.0 Å². The van der Waals surface area contributed by atoms with Gasteiger partial charge in [-0.15, -0.1) is 0 Å². The first-order valence-electron chi connectivity index (χ1n) is 6.89. The van der Waals surface area contributed by atoms with Crippen LogP contribution in [0.15, 0.2) is 0 Å². The average molecular weight is 323 g/mol. The summed E-state index contributed by atoms with van der Waals surface area (Å²) in [4.78, 5) is 21.8. The molecule has 4 N–H and O–H groups in total. The maximum absolute atomic E-state index is 11.4. The van der Waals surface area contributed by atoms with Gasteiger partial charge in [-0.05, 0) is 25.2 Å². The molecule has 0 aromatic heterocycles. The first kappa shape index (κ1) is 19.7. The van der Waals surface area contributed by atoms with Crippen molar-refractivity contribution < 1.29 is 23.1 Å². The summed E-state index contributed by atoms with van der Waals surface area (Å²) in [6, 6.07) is -0.306. The van der Waals surface area contributed by atoms with E-state index >= 15 is 0 Å². The zero-order valence-electron chi connectivity index (χ0n) is 12.5. The summed E-state index contributed by atoms with van der Waals surface area (Å²) in [6.07, 6.45) is 3.04. The summed E-state index contributed by atoms with van der Waals surface area (Å²) in [5.74, 6) is -0.574. The third-order valence-electron chi connectivity index (χ3n) is 2.78. The number of carboxylic acids is 1. The van der Waals surface area contributed by atoms with Crippen LogP contribution in [0, 0.1) is 5.92 Å². The number of aliphatic carboxylic acids is 1. The minimum absolute atomic E-state index is 0.140. The molecule has 1 unspecified atom stereocenters. The molecule has 2 amide bonds. The highest BCUT2D eigenvalue weighted by Crippen LogP contribution is 2.08. The second kappa shape index (κ2) is 10.4. The van der Waals surface area contributed by atoms with Crippen molar-refractivity contribution in [2.45, 2.75) is 32.6 Å². The molecule has 9 heteroatoms. The molecule has 0 saturated heterocycles. The normalized spacial score (nSPS) is 12.7. The number of carbonyl (C=O) groups is 2. The van der Waals surface area contributed by atoms with E-state index in [-0.39, 0.29) is 24.9 Å². The van der Waals surface area contributed by atoms with Gasteiger partial charge in [0, 0.05) is 26.1 Å². The fourth-order valence-corrected chi connectivity index (χ4v) is 2.07. The van der Waals surface area contributed by atoms with Gasteiger partial charge in [-0.3, -0.25) is 4.79 Å². The number of nitrogens with one attached hydrogen (secondary N) is 3. The molecule has 1 atom stereocenters. The smallest absolute Gasteiger partial charge is 0.314 e. The Morgan fingerprint density at radius 1 is 1.10 bits per heavy atom. The molecule has 0 radical (unpaired) electrons. The number of amides is 2. The summed E-state index contributed by atoms with van der Waals surface area (Å²) in [6.45, 7) is 3.09. The molecular weight excluding hydrogens is 298 g/mol. The minimum Gasteiger partial charge on any atom is -0.481 e. The highest BCUT2D eigenvalue weighted by atomic mass is 32.2. The number of hydrogen-bond acceptors (Lipinski definition) is 4. The zero-order chi connectivity index (χ0) is 16.3. The van der Waals surface area contributed by atoms with Crippen LogP contribution in [0.1, 0.15) is 32.6 Å². The van der Waals surface area contributed by atoms with Crippen LogP contribution in [0.3, 0.4) is 0 Å². The topological polar surface area (TPSA) is 125 Å². The highest BCUT2D eigenvalue weighted by Gasteiger charge is 2.06. The summed E-state index contributed by atoms with van der Waals surface area (Å²) in [5, 5.41) is 13.8. The molecule has 0 saturated carbocycles. The van der Waals surface area contributed by atoms with Crippen LogP contribution in [0.4, 0.5) is 4.79 Å². The molecule has 8 nitrogen and oxygen atoms in total. The predicted octanol–water partition coefficient (Wildman–Crippen LogP) is 0.116. The third kappa shape index (κ3) is 14.9. The van der Waals surface area contributed by atoms with Gasteiger partial charge in [-0.25, -0.2) is 17.9 Å². The molecule has 21 heavy (non-hydrogen) atoms. The van der Waals surface area contributed by atoms with Crippen molar-refractivity contribution in [1.82, 2.24) is 15.4 Å². The average Bonchev–Trinajstić information content (AvgIpc) is 2.34. The summed E-state index contributed by atoms with van der Waals surface area (Å²) >= 11 is 0. The summed E-state index contributed by atoms with van der Waals surface area (Å²) in [7, 11) is -3.18. The monoisotopic (exact) mass is 323 g/mol. The van der Waals surface area contributed by atoms with E-state index < -0.39 is 16.0 Å². The van der Waals surface area contributed by atoms with E-state index in [2.05, 4.69) is 15.4 Å². The highest BCUT2D eigenvalue weighted by molar-refractivity contribution is 7.88. The summed E-state index contributed by atoms with van der Waals surface area (Å²) < 4.78 is 23.9. The van der Waals surface area contributed by atoms with E-state index in [0.717, 1.165) is 12.7 Å². The van der Waals surface area contributed by atoms with Crippen LogP contribution in [-0.4, -0.2) is 51.4 Å². The number of urea groups is 1. The maximum Gasteiger partial charge on any atom is 0.314 e. The van der Waals surface area contributed by atoms with Gasteiger partial charge in [0.05, 0.1) is 6.26 Å². The van der Waals surface area contributed by atoms with Crippen LogP contribution in [0.25, 0.3) is 0 Å². The quantitative estimate of drug-likeness (QED) is 0.402. The van der Waals surface area contributed by atoms with E-state index in [1.807, 2.05) is 6.92 Å². The molecule has 0 fully saturated rings. The fourth-order valence-electron chi connectivity index (χ4n) is 1.56. The molecule has 0 spiro atoms. The molecule has 0 rings (SSSR count). The Hall–Kier alpha value is -1.35. The second-order valence-electron chi connectivity index (χ2n) is 5.03. The lowest BCUT2D eigenvalue weighted by atomic mass is 10.0. The molecule has 0 heterocycles. The number of carboxylic acid groups (broad SMARTS) is 1. The van der Waals surface area contributed by atoms with Crippen molar-refractivity contribution in [2.24, 2.45) is 5.92 Å². The Labute approximate surface area is 125 Å². The zero-order valence-corrected chi connectivity index (χ0v) is 13.3. The Bertz CT molecular complexity index is 425. The standard InChI is InChI=1S/C12H25N3O5S/c1-10(4-5-11(16)17)6-9-14-12(18)13-7-3-8-15-21(2,19)20/h10,15H,3-9H2,1-2H3,(H,16,17)(H2,13,14,18). The first-order valence-corrected chi connectivity index (χ1v) is 8.78. The number of carbonyl (C=O) groups excluding carboxylic acids is 1. The van der Waals surface area contributed by atoms with Crippen molar-refractivity contribution in [3.8, 4) is 0 Å².